The lowest BCUT2D eigenvalue weighted by molar-refractivity contribution is -0.384. The molecule has 1 unspecified atom stereocenters. The maximum Gasteiger partial charge on any atom is 0.270 e. The fourth-order valence-corrected chi connectivity index (χ4v) is 2.22. The normalized spacial score (nSPS) is 13.0. The summed E-state index contributed by atoms with van der Waals surface area (Å²) in [4.78, 5) is 10.4. The highest BCUT2D eigenvalue weighted by atomic mass is 16.6. The topological polar surface area (TPSA) is 84.6 Å². The van der Waals surface area contributed by atoms with E-state index in [1.54, 1.807) is 13.2 Å². The lowest BCUT2D eigenvalue weighted by Crippen LogP contribution is -2.40. The first-order chi connectivity index (χ1) is 9.79. The van der Waals surface area contributed by atoms with Crippen molar-refractivity contribution in [3.05, 3.63) is 33.9 Å². The minimum Gasteiger partial charge on any atom is -0.496 e. The molecule has 0 heterocycles. The first-order valence-corrected chi connectivity index (χ1v) is 6.95. The average molecular weight is 296 g/mol. The highest BCUT2D eigenvalue weighted by Crippen LogP contribution is 2.26. The van der Waals surface area contributed by atoms with E-state index in [2.05, 4.69) is 26.1 Å². The predicted molar refractivity (Wildman–Crippen MR) is 81.4 cm³/mol. The van der Waals surface area contributed by atoms with Gasteiger partial charge in [0.25, 0.3) is 5.69 Å². The van der Waals surface area contributed by atoms with E-state index in [0.717, 1.165) is 5.56 Å². The molecule has 1 aromatic carbocycles. The molecule has 0 spiro atoms. The number of rotatable bonds is 7. The fourth-order valence-electron chi connectivity index (χ4n) is 2.22. The zero-order chi connectivity index (χ0) is 16.0. The number of nitro benzene ring substituents is 1. The van der Waals surface area contributed by atoms with E-state index < -0.39 is 4.92 Å². The molecule has 0 aliphatic heterocycles. The fraction of sp³-hybridized carbons (Fsp3) is 0.600. The smallest absolute Gasteiger partial charge is 0.270 e. The van der Waals surface area contributed by atoms with Crippen LogP contribution in [0.5, 0.6) is 5.75 Å². The molecule has 1 atom stereocenters. The lowest BCUT2D eigenvalue weighted by atomic mass is 9.85. The standard InChI is InChI=1S/C15H24N2O4/c1-15(2,3)14(7-8-18)16-10-11-9-12(17(19)20)5-6-13(11)21-4/h5-6,9,14,16,18H,7-8,10H2,1-4H3. The lowest BCUT2D eigenvalue weighted by Gasteiger charge is -2.31. The van der Waals surface area contributed by atoms with E-state index >= 15 is 0 Å². The summed E-state index contributed by atoms with van der Waals surface area (Å²) in [7, 11) is 1.54. The van der Waals surface area contributed by atoms with Gasteiger partial charge in [0, 0.05) is 36.9 Å². The maximum atomic E-state index is 10.9. The number of nitrogens with zero attached hydrogens (tertiary/aromatic N) is 1. The van der Waals surface area contributed by atoms with Gasteiger partial charge in [-0.15, -0.1) is 0 Å². The molecular weight excluding hydrogens is 272 g/mol. The molecule has 0 bridgehead atoms. The Morgan fingerprint density at radius 2 is 2.10 bits per heavy atom. The number of methoxy groups -OCH3 is 1. The molecule has 0 amide bonds. The van der Waals surface area contributed by atoms with Gasteiger partial charge in [-0.2, -0.15) is 0 Å². The van der Waals surface area contributed by atoms with Gasteiger partial charge in [-0.1, -0.05) is 20.8 Å². The number of ether oxygens (including phenoxy) is 1. The van der Waals surface area contributed by atoms with Gasteiger partial charge in [0.1, 0.15) is 5.75 Å². The molecule has 0 aliphatic rings. The average Bonchev–Trinajstić information content (AvgIpc) is 2.41. The summed E-state index contributed by atoms with van der Waals surface area (Å²) in [6.07, 6.45) is 0.626. The second-order valence-electron chi connectivity index (χ2n) is 6.07. The molecule has 1 aromatic rings. The number of non-ortho nitro benzene ring substituents is 1. The number of nitrogens with one attached hydrogen (secondary N) is 1. The third-order valence-electron chi connectivity index (χ3n) is 3.48. The summed E-state index contributed by atoms with van der Waals surface area (Å²) < 4.78 is 5.25. The number of hydrogen-bond donors (Lipinski definition) is 2. The van der Waals surface area contributed by atoms with Crippen LogP contribution in [0.25, 0.3) is 0 Å². The van der Waals surface area contributed by atoms with Gasteiger partial charge in [-0.25, -0.2) is 0 Å². The van der Waals surface area contributed by atoms with E-state index in [9.17, 15) is 10.1 Å². The van der Waals surface area contributed by atoms with Crippen LogP contribution in [0, 0.1) is 15.5 Å². The molecule has 0 radical (unpaired) electrons. The Morgan fingerprint density at radius 1 is 1.43 bits per heavy atom. The number of aliphatic hydroxyl groups is 1. The van der Waals surface area contributed by atoms with Gasteiger partial charge >= 0.3 is 0 Å². The Kier molecular flexibility index (Phi) is 6.11. The summed E-state index contributed by atoms with van der Waals surface area (Å²) in [5.41, 5.74) is 0.761. The first kappa shape index (κ1) is 17.4. The van der Waals surface area contributed by atoms with Crippen molar-refractivity contribution in [2.75, 3.05) is 13.7 Å². The maximum absolute atomic E-state index is 10.9. The van der Waals surface area contributed by atoms with Crippen LogP contribution >= 0.6 is 0 Å². The second-order valence-corrected chi connectivity index (χ2v) is 6.07. The van der Waals surface area contributed by atoms with Gasteiger partial charge in [-0.05, 0) is 17.9 Å². The zero-order valence-electron chi connectivity index (χ0n) is 13.0. The molecule has 0 saturated carbocycles. The Balaban J connectivity index is 2.90. The summed E-state index contributed by atoms with van der Waals surface area (Å²) >= 11 is 0. The minimum atomic E-state index is -0.419. The van der Waals surface area contributed by atoms with Crippen molar-refractivity contribution in [1.29, 1.82) is 0 Å². The number of hydrogen-bond acceptors (Lipinski definition) is 5. The van der Waals surface area contributed by atoms with Crippen LogP contribution < -0.4 is 10.1 Å². The van der Waals surface area contributed by atoms with Crippen molar-refractivity contribution in [3.63, 3.8) is 0 Å². The minimum absolute atomic E-state index is 0.0172. The molecular formula is C15H24N2O4. The summed E-state index contributed by atoms with van der Waals surface area (Å²) in [6, 6.07) is 4.65. The van der Waals surface area contributed by atoms with E-state index in [4.69, 9.17) is 9.84 Å². The van der Waals surface area contributed by atoms with Crippen LogP contribution in [0.2, 0.25) is 0 Å². The third-order valence-corrected chi connectivity index (χ3v) is 3.48. The predicted octanol–water partition coefficient (Wildman–Crippen LogP) is 2.49. The second kappa shape index (κ2) is 7.38. The largest absolute Gasteiger partial charge is 0.496 e. The molecule has 0 aliphatic carbocycles. The van der Waals surface area contributed by atoms with Crippen LogP contribution in [-0.2, 0) is 6.54 Å². The number of aliphatic hydroxyl groups excluding tert-OH is 1. The highest BCUT2D eigenvalue weighted by Gasteiger charge is 2.24. The highest BCUT2D eigenvalue weighted by molar-refractivity contribution is 5.43. The van der Waals surface area contributed by atoms with Crippen LogP contribution in [0.15, 0.2) is 18.2 Å². The molecule has 0 aromatic heterocycles. The van der Waals surface area contributed by atoms with Crippen molar-refractivity contribution in [2.24, 2.45) is 5.41 Å². The number of nitro groups is 1. The molecule has 2 N–H and O–H groups in total. The van der Waals surface area contributed by atoms with Gasteiger partial charge < -0.3 is 15.2 Å². The molecule has 6 heteroatoms. The Morgan fingerprint density at radius 3 is 2.57 bits per heavy atom. The summed E-state index contributed by atoms with van der Waals surface area (Å²) in [6.45, 7) is 6.81. The Bertz CT molecular complexity index is 483. The summed E-state index contributed by atoms with van der Waals surface area (Å²) in [5, 5.41) is 23.4. The quantitative estimate of drug-likeness (QED) is 0.596. The zero-order valence-corrected chi connectivity index (χ0v) is 13.0. The molecule has 21 heavy (non-hydrogen) atoms. The number of benzene rings is 1. The van der Waals surface area contributed by atoms with Crippen molar-refractivity contribution >= 4 is 5.69 Å². The van der Waals surface area contributed by atoms with Crippen LogP contribution in [-0.4, -0.2) is 29.8 Å². The van der Waals surface area contributed by atoms with Gasteiger partial charge in [0.05, 0.1) is 12.0 Å². The van der Waals surface area contributed by atoms with Gasteiger partial charge in [0.15, 0.2) is 0 Å². The van der Waals surface area contributed by atoms with Gasteiger partial charge in [-0.3, -0.25) is 10.1 Å². The van der Waals surface area contributed by atoms with E-state index in [0.29, 0.717) is 18.7 Å². The van der Waals surface area contributed by atoms with Crippen molar-refractivity contribution in [2.45, 2.75) is 39.8 Å². The van der Waals surface area contributed by atoms with Crippen molar-refractivity contribution in [3.8, 4) is 5.75 Å². The Hall–Kier alpha value is -1.66. The molecule has 0 fully saturated rings. The molecule has 0 saturated heterocycles. The molecule has 6 nitrogen and oxygen atoms in total. The van der Waals surface area contributed by atoms with Crippen LogP contribution in [0.1, 0.15) is 32.8 Å². The third kappa shape index (κ3) is 4.99. The van der Waals surface area contributed by atoms with E-state index in [1.165, 1.54) is 12.1 Å². The van der Waals surface area contributed by atoms with E-state index in [1.807, 2.05) is 0 Å². The Labute approximate surface area is 125 Å². The van der Waals surface area contributed by atoms with Crippen molar-refractivity contribution in [1.82, 2.24) is 5.32 Å². The van der Waals surface area contributed by atoms with Crippen molar-refractivity contribution < 1.29 is 14.8 Å². The molecule has 118 valence electrons. The SMILES string of the molecule is COc1ccc([N+](=O)[O-])cc1CNC(CCO)C(C)(C)C. The summed E-state index contributed by atoms with van der Waals surface area (Å²) in [5.74, 6) is 0.616. The first-order valence-electron chi connectivity index (χ1n) is 6.95. The molecule has 1 rings (SSSR count). The monoisotopic (exact) mass is 296 g/mol. The van der Waals surface area contributed by atoms with E-state index in [-0.39, 0.29) is 23.8 Å². The van der Waals surface area contributed by atoms with Crippen LogP contribution in [0.3, 0.4) is 0 Å². The van der Waals surface area contributed by atoms with Crippen LogP contribution in [0.4, 0.5) is 5.69 Å². The van der Waals surface area contributed by atoms with Gasteiger partial charge in [0.2, 0.25) is 0 Å².